The molecule has 2 heterocycles. The Kier molecular flexibility index (Phi) is 5.18. The molecule has 0 aliphatic heterocycles. The van der Waals surface area contributed by atoms with Crippen LogP contribution in [-0.4, -0.2) is 25.5 Å². The van der Waals surface area contributed by atoms with E-state index < -0.39 is 0 Å². The maximum Gasteiger partial charge on any atom is 0.187 e. The lowest BCUT2D eigenvalue weighted by Crippen LogP contribution is -2.06. The quantitative estimate of drug-likeness (QED) is 0.625. The number of carbonyl (C=O) groups is 1. The maximum absolute atomic E-state index is 12.3. The van der Waals surface area contributed by atoms with Crippen molar-refractivity contribution in [3.8, 4) is 0 Å². The van der Waals surface area contributed by atoms with Crippen LogP contribution in [0.2, 0.25) is 10.2 Å². The second-order valence-corrected chi connectivity index (χ2v) is 6.81. The molecule has 0 spiro atoms. The molecule has 0 radical (unpaired) electrons. The Morgan fingerprint density at radius 1 is 1.21 bits per heavy atom. The number of ketones is 1. The summed E-state index contributed by atoms with van der Waals surface area (Å²) in [6.45, 7) is 0. The molecule has 8 heteroatoms. The van der Waals surface area contributed by atoms with Crippen molar-refractivity contribution >= 4 is 40.7 Å². The number of carbonyl (C=O) groups excluding carboxylic acids is 1. The summed E-state index contributed by atoms with van der Waals surface area (Å²) in [5.74, 6) is -0.0778. The third-order valence-electron chi connectivity index (χ3n) is 3.20. The van der Waals surface area contributed by atoms with Gasteiger partial charge in [0.15, 0.2) is 5.78 Å². The van der Waals surface area contributed by atoms with E-state index in [2.05, 4.69) is 15.1 Å². The van der Waals surface area contributed by atoms with Gasteiger partial charge < -0.3 is 0 Å². The SMILES string of the molecule is Cn1ccc(C(=O)Cc2cccc(Sc3cnc(Cl)cn3)c2Cl)n1. The van der Waals surface area contributed by atoms with E-state index in [0.717, 1.165) is 10.5 Å². The summed E-state index contributed by atoms with van der Waals surface area (Å²) in [6.07, 6.45) is 4.98. The van der Waals surface area contributed by atoms with E-state index in [-0.39, 0.29) is 12.2 Å². The average molecular weight is 379 g/mol. The molecule has 1 aromatic carbocycles. The van der Waals surface area contributed by atoms with E-state index in [1.807, 2.05) is 18.2 Å². The van der Waals surface area contributed by atoms with Gasteiger partial charge in [0, 0.05) is 24.6 Å². The summed E-state index contributed by atoms with van der Waals surface area (Å²) in [5, 5.41) is 5.66. The second-order valence-electron chi connectivity index (χ2n) is 4.98. The van der Waals surface area contributed by atoms with Crippen LogP contribution in [0.5, 0.6) is 0 Å². The minimum absolute atomic E-state index is 0.0778. The largest absolute Gasteiger partial charge is 0.292 e. The zero-order chi connectivity index (χ0) is 17.1. The Balaban J connectivity index is 1.80. The number of hydrogen-bond acceptors (Lipinski definition) is 5. The van der Waals surface area contributed by atoms with Crippen molar-refractivity contribution in [2.45, 2.75) is 16.3 Å². The number of aryl methyl sites for hydroxylation is 1. The molecule has 0 saturated carbocycles. The summed E-state index contributed by atoms with van der Waals surface area (Å²) in [6, 6.07) is 7.26. The first kappa shape index (κ1) is 17.0. The molecule has 24 heavy (non-hydrogen) atoms. The number of nitrogens with zero attached hydrogens (tertiary/aromatic N) is 4. The normalized spacial score (nSPS) is 10.8. The highest BCUT2D eigenvalue weighted by Crippen LogP contribution is 2.34. The van der Waals surface area contributed by atoms with Crippen LogP contribution in [0.25, 0.3) is 0 Å². The fraction of sp³-hybridized carbons (Fsp3) is 0.125. The molecule has 0 bridgehead atoms. The first-order valence-electron chi connectivity index (χ1n) is 6.98. The smallest absolute Gasteiger partial charge is 0.187 e. The molecule has 122 valence electrons. The van der Waals surface area contributed by atoms with Gasteiger partial charge in [-0.25, -0.2) is 9.97 Å². The minimum Gasteiger partial charge on any atom is -0.292 e. The van der Waals surface area contributed by atoms with E-state index in [9.17, 15) is 4.79 Å². The summed E-state index contributed by atoms with van der Waals surface area (Å²) in [4.78, 5) is 21.3. The van der Waals surface area contributed by atoms with E-state index in [4.69, 9.17) is 23.2 Å². The van der Waals surface area contributed by atoms with Crippen LogP contribution in [0.15, 0.2) is 52.8 Å². The van der Waals surface area contributed by atoms with Crippen molar-refractivity contribution < 1.29 is 4.79 Å². The van der Waals surface area contributed by atoms with Gasteiger partial charge in [0.25, 0.3) is 0 Å². The van der Waals surface area contributed by atoms with Crippen LogP contribution in [-0.2, 0) is 13.5 Å². The predicted molar refractivity (Wildman–Crippen MR) is 93.9 cm³/mol. The third kappa shape index (κ3) is 3.95. The molecule has 2 aromatic heterocycles. The van der Waals surface area contributed by atoms with Crippen molar-refractivity contribution in [2.75, 3.05) is 0 Å². The van der Waals surface area contributed by atoms with Crippen LogP contribution >= 0.6 is 35.0 Å². The molecule has 0 amide bonds. The number of rotatable bonds is 5. The molecule has 3 aromatic rings. The Bertz CT molecular complexity index is 880. The first-order valence-corrected chi connectivity index (χ1v) is 8.56. The number of halogens is 2. The van der Waals surface area contributed by atoms with Crippen molar-refractivity contribution in [3.63, 3.8) is 0 Å². The van der Waals surface area contributed by atoms with Crippen LogP contribution in [0.1, 0.15) is 16.1 Å². The van der Waals surface area contributed by atoms with Crippen molar-refractivity contribution in [3.05, 3.63) is 64.3 Å². The lowest BCUT2D eigenvalue weighted by molar-refractivity contribution is 0.0987. The Hall–Kier alpha value is -1.89. The summed E-state index contributed by atoms with van der Waals surface area (Å²) in [5.41, 5.74) is 1.18. The summed E-state index contributed by atoms with van der Waals surface area (Å²) in [7, 11) is 1.77. The fourth-order valence-corrected chi connectivity index (χ4v) is 3.27. The van der Waals surface area contributed by atoms with Gasteiger partial charge in [0.2, 0.25) is 0 Å². The zero-order valence-corrected chi connectivity index (χ0v) is 14.9. The molecule has 3 rings (SSSR count). The molecule has 0 unspecified atom stereocenters. The number of aromatic nitrogens is 4. The summed E-state index contributed by atoms with van der Waals surface area (Å²) < 4.78 is 1.60. The van der Waals surface area contributed by atoms with E-state index in [1.165, 1.54) is 18.0 Å². The van der Waals surface area contributed by atoms with Crippen LogP contribution in [0.4, 0.5) is 0 Å². The highest BCUT2D eigenvalue weighted by Gasteiger charge is 2.15. The molecule has 0 atom stereocenters. The molecular weight excluding hydrogens is 367 g/mol. The monoisotopic (exact) mass is 378 g/mol. The lowest BCUT2D eigenvalue weighted by atomic mass is 10.1. The van der Waals surface area contributed by atoms with Crippen molar-refractivity contribution in [1.82, 2.24) is 19.7 Å². The summed E-state index contributed by atoms with van der Waals surface area (Å²) >= 11 is 13.6. The highest BCUT2D eigenvalue weighted by molar-refractivity contribution is 7.99. The van der Waals surface area contributed by atoms with Gasteiger partial charge in [0.05, 0.1) is 17.4 Å². The average Bonchev–Trinajstić information content (AvgIpc) is 3.00. The topological polar surface area (TPSA) is 60.7 Å². The van der Waals surface area contributed by atoms with Gasteiger partial charge in [0.1, 0.15) is 15.9 Å². The van der Waals surface area contributed by atoms with Crippen molar-refractivity contribution in [1.29, 1.82) is 0 Å². The Labute approximate surface area is 153 Å². The van der Waals surface area contributed by atoms with Gasteiger partial charge in [-0.2, -0.15) is 5.10 Å². The minimum atomic E-state index is -0.0778. The van der Waals surface area contributed by atoms with Crippen LogP contribution in [0, 0.1) is 0 Å². The molecular formula is C16H12Cl2N4OS. The van der Waals surface area contributed by atoms with Gasteiger partial charge in [-0.3, -0.25) is 9.48 Å². The van der Waals surface area contributed by atoms with Gasteiger partial charge in [-0.05, 0) is 17.7 Å². The third-order valence-corrected chi connectivity index (χ3v) is 4.94. The maximum atomic E-state index is 12.3. The van der Waals surface area contributed by atoms with Gasteiger partial charge in [-0.1, -0.05) is 47.1 Å². The molecule has 0 N–H and O–H groups in total. The Morgan fingerprint density at radius 2 is 2.04 bits per heavy atom. The fourth-order valence-electron chi connectivity index (χ4n) is 2.06. The molecule has 0 saturated heterocycles. The molecule has 0 aliphatic carbocycles. The van der Waals surface area contributed by atoms with E-state index >= 15 is 0 Å². The number of benzene rings is 1. The van der Waals surface area contributed by atoms with E-state index in [1.54, 1.807) is 30.2 Å². The number of hydrogen-bond donors (Lipinski definition) is 0. The van der Waals surface area contributed by atoms with Crippen LogP contribution < -0.4 is 0 Å². The molecule has 0 aliphatic rings. The van der Waals surface area contributed by atoms with Crippen molar-refractivity contribution in [2.24, 2.45) is 7.05 Å². The zero-order valence-electron chi connectivity index (χ0n) is 12.6. The Morgan fingerprint density at radius 3 is 2.71 bits per heavy atom. The lowest BCUT2D eigenvalue weighted by Gasteiger charge is -2.08. The number of Topliss-reactive ketones (excluding diaryl/α,β-unsaturated/α-hetero) is 1. The standard InChI is InChI=1S/C16H12Cl2N4OS/c1-22-6-5-11(21-22)12(23)7-10-3-2-4-13(16(10)18)24-15-9-19-14(17)8-20-15/h2-6,8-9H,7H2,1H3. The van der Waals surface area contributed by atoms with Gasteiger partial charge >= 0.3 is 0 Å². The molecule has 5 nitrogen and oxygen atoms in total. The van der Waals surface area contributed by atoms with E-state index in [0.29, 0.717) is 20.9 Å². The second kappa shape index (κ2) is 7.34. The first-order chi connectivity index (χ1) is 11.5. The molecule has 0 fully saturated rings. The van der Waals surface area contributed by atoms with Gasteiger partial charge in [-0.15, -0.1) is 0 Å². The van der Waals surface area contributed by atoms with Crippen LogP contribution in [0.3, 0.4) is 0 Å². The highest BCUT2D eigenvalue weighted by atomic mass is 35.5. The predicted octanol–water partition coefficient (Wildman–Crippen LogP) is 4.09.